The quantitative estimate of drug-likeness (QED) is 0.302. The van der Waals surface area contributed by atoms with Crippen molar-refractivity contribution in [1.29, 1.82) is 0 Å². The minimum Gasteiger partial charge on any atom is -1.00 e. The molecule has 1 fully saturated rings. The molecule has 0 radical (unpaired) electrons. The summed E-state index contributed by atoms with van der Waals surface area (Å²) in [7, 11) is 15.0. The molecule has 1 aliphatic rings. The molecule has 0 aromatic heterocycles. The Bertz CT molecular complexity index is 1120. The predicted octanol–water partition coefficient (Wildman–Crippen LogP) is -1.57. The minimum atomic E-state index is -0.287. The number of halogens is 3. The van der Waals surface area contributed by atoms with Crippen LogP contribution in [0.4, 0.5) is 11.4 Å². The first-order valence-electron chi connectivity index (χ1n) is 13.9. The van der Waals surface area contributed by atoms with Crippen molar-refractivity contribution in [3.63, 3.8) is 0 Å². The molecule has 0 unspecified atom stereocenters. The molecule has 41 heavy (non-hydrogen) atoms. The van der Waals surface area contributed by atoms with Crippen LogP contribution in [0.2, 0.25) is 0 Å². The molecular formula is C33H48Cl3N4Ru. The molecule has 3 aromatic carbocycles. The summed E-state index contributed by atoms with van der Waals surface area (Å²) in [4.78, 5) is 7.63. The van der Waals surface area contributed by atoms with E-state index in [2.05, 4.69) is 128 Å². The SMILES string of the molecule is C[NH+](C)c1ccc(CN2CCN(Cc3ccc([NH+](C)C)cc3)[C]2=[Ru][Cl])cc1.Cc1c(C)c(C)c(C)c(C)c1C.[Cl-].[Cl-]. The molecule has 4 rings (SSSR count). The van der Waals surface area contributed by atoms with Crippen molar-refractivity contribution >= 4 is 25.4 Å². The number of nitrogens with zero attached hydrogens (tertiary/aromatic N) is 2. The third kappa shape index (κ3) is 9.68. The molecular weight excluding hydrogens is 660 g/mol. The van der Waals surface area contributed by atoms with Gasteiger partial charge in [0, 0.05) is 0 Å². The molecule has 1 aliphatic heterocycles. The molecule has 8 heteroatoms. The third-order valence-electron chi connectivity index (χ3n) is 8.39. The normalized spacial score (nSPS) is 13.6. The number of benzene rings is 3. The molecule has 2 N–H and O–H groups in total. The monoisotopic (exact) mass is 707 g/mol. The van der Waals surface area contributed by atoms with E-state index < -0.39 is 0 Å². The second-order valence-corrected chi connectivity index (χ2v) is 13.2. The smallest absolute Gasteiger partial charge is 0.0392 e. The van der Waals surface area contributed by atoms with Crippen molar-refractivity contribution in [3.8, 4) is 0 Å². The molecule has 0 amide bonds. The molecule has 4 nitrogen and oxygen atoms in total. The zero-order chi connectivity index (χ0) is 28.9. The van der Waals surface area contributed by atoms with Crippen molar-refractivity contribution in [2.75, 3.05) is 41.3 Å². The van der Waals surface area contributed by atoms with Gasteiger partial charge in [0.2, 0.25) is 0 Å². The summed E-state index contributed by atoms with van der Waals surface area (Å²) in [5.74, 6) is 0. The average molecular weight is 708 g/mol. The van der Waals surface area contributed by atoms with E-state index in [-0.39, 0.29) is 40.5 Å². The first-order chi connectivity index (χ1) is 18.4. The summed E-state index contributed by atoms with van der Waals surface area (Å²) < 4.78 is 1.33. The summed E-state index contributed by atoms with van der Waals surface area (Å²) in [5, 5.41) is 0. The molecule has 1 heterocycles. The van der Waals surface area contributed by atoms with E-state index in [1.54, 1.807) is 0 Å². The van der Waals surface area contributed by atoms with Crippen LogP contribution in [-0.4, -0.2) is 55.4 Å². The second-order valence-electron chi connectivity index (χ2n) is 11.3. The van der Waals surface area contributed by atoms with E-state index in [0.29, 0.717) is 0 Å². The summed E-state index contributed by atoms with van der Waals surface area (Å²) in [6.45, 7) is 17.3. The van der Waals surface area contributed by atoms with E-state index in [1.807, 2.05) is 0 Å². The van der Waals surface area contributed by atoms with Gasteiger partial charge >= 0.3 is 175 Å². The predicted molar refractivity (Wildman–Crippen MR) is 164 cm³/mol. The van der Waals surface area contributed by atoms with E-state index in [1.165, 1.54) is 70.0 Å². The Hall–Kier alpha value is -1.14. The van der Waals surface area contributed by atoms with Crippen LogP contribution >= 0.6 is 9.69 Å². The van der Waals surface area contributed by atoms with Gasteiger partial charge in [-0.15, -0.1) is 0 Å². The average Bonchev–Trinajstić information content (AvgIpc) is 3.31. The van der Waals surface area contributed by atoms with E-state index in [0.717, 1.165) is 26.2 Å². The topological polar surface area (TPSA) is 15.4 Å². The third-order valence-corrected chi connectivity index (χ3v) is 10.5. The maximum Gasteiger partial charge on any atom is -0.0392 e. The van der Waals surface area contributed by atoms with Crippen molar-refractivity contribution in [2.45, 2.75) is 54.6 Å². The zero-order valence-electron chi connectivity index (χ0n) is 26.3. The van der Waals surface area contributed by atoms with Gasteiger partial charge in [0.05, 0.1) is 0 Å². The largest absolute Gasteiger partial charge is 1.00 e. The van der Waals surface area contributed by atoms with Crippen LogP contribution in [-0.2, 0) is 28.8 Å². The first kappa shape index (κ1) is 37.9. The fourth-order valence-corrected chi connectivity index (χ4v) is 7.08. The van der Waals surface area contributed by atoms with Crippen LogP contribution in [0, 0.1) is 41.5 Å². The van der Waals surface area contributed by atoms with Gasteiger partial charge in [0.15, 0.2) is 0 Å². The van der Waals surface area contributed by atoms with Gasteiger partial charge in [0.25, 0.3) is 0 Å². The Morgan fingerprint density at radius 2 is 0.829 bits per heavy atom. The summed E-state index contributed by atoms with van der Waals surface area (Å²) >= 11 is -0.287. The Morgan fingerprint density at radius 1 is 0.561 bits per heavy atom. The van der Waals surface area contributed by atoms with E-state index >= 15 is 0 Å². The molecule has 1 saturated heterocycles. The van der Waals surface area contributed by atoms with Crippen LogP contribution in [0.25, 0.3) is 0 Å². The summed E-state index contributed by atoms with van der Waals surface area (Å²) in [6.07, 6.45) is 0. The first-order valence-corrected chi connectivity index (χ1v) is 17.0. The number of quaternary nitrogens is 2. The maximum atomic E-state index is 6.43. The maximum absolute atomic E-state index is 6.43. The van der Waals surface area contributed by atoms with Gasteiger partial charge in [-0.25, -0.2) is 0 Å². The molecule has 0 saturated carbocycles. The number of hydrogen-bond donors (Lipinski definition) is 2. The van der Waals surface area contributed by atoms with Gasteiger partial charge in [-0.05, 0) is 74.9 Å². The summed E-state index contributed by atoms with van der Waals surface area (Å²) in [6, 6.07) is 17.9. The molecule has 229 valence electrons. The Kier molecular flexibility index (Phi) is 15.9. The van der Waals surface area contributed by atoms with Gasteiger partial charge in [-0.1, -0.05) is 0 Å². The number of nitrogens with one attached hydrogen (secondary N) is 2. The van der Waals surface area contributed by atoms with Crippen molar-refractivity contribution in [1.82, 2.24) is 9.80 Å². The van der Waals surface area contributed by atoms with Crippen LogP contribution in [0.3, 0.4) is 0 Å². The fourth-order valence-electron chi connectivity index (χ4n) is 5.00. The van der Waals surface area contributed by atoms with Gasteiger partial charge in [0.1, 0.15) is 0 Å². The summed E-state index contributed by atoms with van der Waals surface area (Å²) in [5.41, 5.74) is 14.1. The van der Waals surface area contributed by atoms with Crippen LogP contribution in [0.15, 0.2) is 48.5 Å². The van der Waals surface area contributed by atoms with E-state index in [4.69, 9.17) is 9.69 Å². The molecule has 0 spiro atoms. The van der Waals surface area contributed by atoms with Crippen LogP contribution < -0.4 is 34.6 Å². The zero-order valence-corrected chi connectivity index (χ0v) is 30.3. The van der Waals surface area contributed by atoms with Crippen LogP contribution in [0.5, 0.6) is 0 Å². The Morgan fingerprint density at radius 3 is 1.05 bits per heavy atom. The van der Waals surface area contributed by atoms with Gasteiger partial charge in [-0.2, -0.15) is 0 Å². The fraction of sp³-hybridized carbons (Fsp3) is 0.424. The standard InChI is InChI=1S/C21H28N4.C12H18.3ClH.Ru/c1-22(2)20-9-5-18(6-10-20)15-24-13-14-25(17-24)16-19-7-11-21(12-8-19)23(3)4;1-7-8(2)10(4)12(6)11(5)9(7)3;;;;/h5-12H,13-16H2,1-4H3;1-6H3;3*1H;/q;;;;;+1/p-1. The van der Waals surface area contributed by atoms with Crippen molar-refractivity contribution in [3.05, 3.63) is 93.0 Å². The molecule has 0 atom stereocenters. The van der Waals surface area contributed by atoms with Crippen LogP contribution in [0.1, 0.15) is 44.5 Å². The van der Waals surface area contributed by atoms with Crippen molar-refractivity contribution in [2.24, 2.45) is 0 Å². The number of rotatable bonds is 6. The molecule has 0 aliphatic carbocycles. The second kappa shape index (κ2) is 17.2. The molecule has 0 bridgehead atoms. The van der Waals surface area contributed by atoms with E-state index in [9.17, 15) is 0 Å². The van der Waals surface area contributed by atoms with Gasteiger partial charge < -0.3 is 24.8 Å². The minimum absolute atomic E-state index is 0. The van der Waals surface area contributed by atoms with Gasteiger partial charge in [-0.3, -0.25) is 0 Å². The molecule has 3 aromatic rings. The van der Waals surface area contributed by atoms with Crippen molar-refractivity contribution < 1.29 is 50.3 Å². The Labute approximate surface area is 273 Å². The number of hydrogen-bond acceptors (Lipinski definition) is 2. The Balaban J connectivity index is 0.000000509.